The Kier molecular flexibility index (Phi) is 7.04. The normalized spacial score (nSPS) is 13.5. The van der Waals surface area contributed by atoms with Crippen LogP contribution in [0, 0.1) is 6.92 Å². The number of aromatic nitrogens is 2. The van der Waals surface area contributed by atoms with Crippen LogP contribution < -0.4 is 20.3 Å². The Hall–Kier alpha value is -3.66. The first-order chi connectivity index (χ1) is 16.0. The molecule has 3 amide bonds. The summed E-state index contributed by atoms with van der Waals surface area (Å²) in [5, 5.41) is 7.96. The van der Waals surface area contributed by atoms with Crippen molar-refractivity contribution in [3.8, 4) is 5.75 Å². The molecule has 2 N–H and O–H groups in total. The van der Waals surface area contributed by atoms with Crippen molar-refractivity contribution in [3.63, 3.8) is 0 Å². The van der Waals surface area contributed by atoms with E-state index >= 15 is 0 Å². The number of piperazine rings is 1. The lowest BCUT2D eigenvalue weighted by Gasteiger charge is -2.35. The van der Waals surface area contributed by atoms with Gasteiger partial charge in [0, 0.05) is 37.8 Å². The molecule has 1 saturated heterocycles. The van der Waals surface area contributed by atoms with Gasteiger partial charge in [0.2, 0.25) is 5.91 Å². The van der Waals surface area contributed by atoms with Crippen LogP contribution in [0.2, 0.25) is 0 Å². The number of rotatable bonds is 6. The van der Waals surface area contributed by atoms with E-state index in [0.29, 0.717) is 35.4 Å². The second-order valence-electron chi connectivity index (χ2n) is 7.66. The summed E-state index contributed by atoms with van der Waals surface area (Å²) in [4.78, 5) is 37.8. The maximum atomic E-state index is 12.6. The molecule has 2 aromatic heterocycles. The van der Waals surface area contributed by atoms with Crippen LogP contribution in [-0.4, -0.2) is 60.1 Å². The van der Waals surface area contributed by atoms with Crippen molar-refractivity contribution in [2.75, 3.05) is 48.8 Å². The summed E-state index contributed by atoms with van der Waals surface area (Å²) in [6.45, 7) is 4.58. The van der Waals surface area contributed by atoms with Crippen molar-refractivity contribution in [2.45, 2.75) is 13.3 Å². The minimum absolute atomic E-state index is 0.103. The Morgan fingerprint density at radius 1 is 1.12 bits per heavy atom. The molecule has 10 heteroatoms. The second-order valence-corrected chi connectivity index (χ2v) is 8.52. The molecule has 0 atom stereocenters. The zero-order valence-corrected chi connectivity index (χ0v) is 19.4. The predicted molar refractivity (Wildman–Crippen MR) is 129 cm³/mol. The summed E-state index contributed by atoms with van der Waals surface area (Å²) in [7, 11) is 1.56. The molecule has 9 nitrogen and oxygen atoms in total. The number of hydrogen-bond acceptors (Lipinski definition) is 7. The van der Waals surface area contributed by atoms with Gasteiger partial charge in [0.25, 0.3) is 0 Å². The van der Waals surface area contributed by atoms with Crippen molar-refractivity contribution in [1.82, 2.24) is 14.9 Å². The summed E-state index contributed by atoms with van der Waals surface area (Å²) in [5.74, 6) is 1.32. The predicted octanol–water partition coefficient (Wildman–Crippen LogP) is 3.39. The molecular weight excluding hydrogens is 440 g/mol. The maximum Gasteiger partial charge on any atom is 0.323 e. The molecule has 1 aliphatic heterocycles. The van der Waals surface area contributed by atoms with E-state index in [4.69, 9.17) is 4.74 Å². The number of urea groups is 1. The fraction of sp³-hybridized carbons (Fsp3) is 0.304. The number of nitrogens with zero attached hydrogens (tertiary/aromatic N) is 4. The third-order valence-electron chi connectivity index (χ3n) is 5.28. The largest absolute Gasteiger partial charge is 0.495 e. The molecule has 0 saturated carbocycles. The fourth-order valence-corrected chi connectivity index (χ4v) is 4.27. The van der Waals surface area contributed by atoms with Crippen molar-refractivity contribution < 1.29 is 14.3 Å². The van der Waals surface area contributed by atoms with Crippen molar-refractivity contribution in [1.29, 1.82) is 0 Å². The van der Waals surface area contributed by atoms with Crippen LogP contribution in [0.15, 0.2) is 48.0 Å². The molecular formula is C23H26N6O3S. The molecule has 3 aromatic rings. The third-order valence-corrected chi connectivity index (χ3v) is 6.08. The van der Waals surface area contributed by atoms with E-state index in [9.17, 15) is 9.59 Å². The Balaban J connectivity index is 1.28. The van der Waals surface area contributed by atoms with Gasteiger partial charge < -0.3 is 19.9 Å². The molecule has 172 valence electrons. The number of thiazole rings is 1. The third kappa shape index (κ3) is 5.78. The minimum atomic E-state index is -0.201. The number of carbonyl (C=O) groups is 2. The number of benzene rings is 1. The van der Waals surface area contributed by atoms with E-state index in [2.05, 4.69) is 25.5 Å². The van der Waals surface area contributed by atoms with Gasteiger partial charge in [-0.25, -0.2) is 14.8 Å². The molecule has 1 aliphatic rings. The Bertz CT molecular complexity index is 1110. The van der Waals surface area contributed by atoms with Gasteiger partial charge in [0.15, 0.2) is 5.13 Å². The van der Waals surface area contributed by atoms with E-state index in [-0.39, 0.29) is 18.4 Å². The minimum Gasteiger partial charge on any atom is -0.495 e. The van der Waals surface area contributed by atoms with Gasteiger partial charge in [-0.1, -0.05) is 12.1 Å². The lowest BCUT2D eigenvalue weighted by atomic mass is 10.2. The Labute approximate surface area is 196 Å². The average molecular weight is 467 g/mol. The number of hydrogen-bond donors (Lipinski definition) is 2. The highest BCUT2D eigenvalue weighted by Gasteiger charge is 2.22. The van der Waals surface area contributed by atoms with E-state index < -0.39 is 0 Å². The zero-order chi connectivity index (χ0) is 23.2. The van der Waals surface area contributed by atoms with Gasteiger partial charge in [-0.2, -0.15) is 0 Å². The van der Waals surface area contributed by atoms with Crippen LogP contribution in [0.5, 0.6) is 5.75 Å². The summed E-state index contributed by atoms with van der Waals surface area (Å²) in [6.07, 6.45) is 1.87. The molecule has 4 rings (SSSR count). The zero-order valence-electron chi connectivity index (χ0n) is 18.6. The topological polar surface area (TPSA) is 99.7 Å². The van der Waals surface area contributed by atoms with Crippen molar-refractivity contribution in [3.05, 3.63) is 59.2 Å². The first-order valence-electron chi connectivity index (χ1n) is 10.6. The maximum absolute atomic E-state index is 12.6. The molecule has 0 spiro atoms. The molecule has 33 heavy (non-hydrogen) atoms. The number of methoxy groups -OCH3 is 1. The number of anilines is 3. The van der Waals surface area contributed by atoms with Crippen molar-refractivity contribution in [2.24, 2.45) is 0 Å². The van der Waals surface area contributed by atoms with Crippen molar-refractivity contribution >= 4 is 39.9 Å². The van der Waals surface area contributed by atoms with Crippen LogP contribution in [0.1, 0.15) is 11.3 Å². The number of ether oxygens (including phenoxy) is 1. The molecule has 0 unspecified atom stereocenters. The van der Waals surface area contributed by atoms with Crippen LogP contribution in [-0.2, 0) is 11.2 Å². The van der Waals surface area contributed by atoms with Crippen LogP contribution in [0.25, 0.3) is 0 Å². The first-order valence-corrected chi connectivity index (χ1v) is 11.5. The SMILES string of the molecule is COc1ccc(C)cc1NC(=O)Cc1csc(NC(=O)N2CCN(c3ccccn3)CC2)n1. The summed E-state index contributed by atoms with van der Waals surface area (Å²) in [5.41, 5.74) is 2.24. The quantitative estimate of drug-likeness (QED) is 0.578. The molecule has 1 fully saturated rings. The average Bonchev–Trinajstić information content (AvgIpc) is 3.26. The highest BCUT2D eigenvalue weighted by atomic mass is 32.1. The standard InChI is InChI=1S/C23H26N6O3S/c1-16-6-7-19(32-2)18(13-16)26-21(30)14-17-15-33-22(25-17)27-23(31)29-11-9-28(10-12-29)20-5-3-4-8-24-20/h3-8,13,15H,9-12,14H2,1-2H3,(H,26,30)(H,25,27,31). The van der Waals surface area contributed by atoms with E-state index in [1.807, 2.05) is 43.3 Å². The number of carbonyl (C=O) groups excluding carboxylic acids is 2. The van der Waals surface area contributed by atoms with Gasteiger partial charge in [-0.3, -0.25) is 10.1 Å². The molecule has 1 aromatic carbocycles. The highest BCUT2D eigenvalue weighted by Crippen LogP contribution is 2.25. The molecule has 3 heterocycles. The lowest BCUT2D eigenvalue weighted by Crippen LogP contribution is -2.50. The number of pyridine rings is 1. The summed E-state index contributed by atoms with van der Waals surface area (Å²) >= 11 is 1.30. The van der Waals surface area contributed by atoms with Crippen LogP contribution in [0.3, 0.4) is 0 Å². The number of aryl methyl sites for hydroxylation is 1. The van der Waals surface area contributed by atoms with Gasteiger partial charge in [-0.15, -0.1) is 11.3 Å². The number of amides is 3. The monoisotopic (exact) mass is 466 g/mol. The molecule has 0 aliphatic carbocycles. The summed E-state index contributed by atoms with van der Waals surface area (Å²) in [6, 6.07) is 11.2. The van der Waals surface area contributed by atoms with E-state index in [0.717, 1.165) is 24.5 Å². The van der Waals surface area contributed by atoms with Gasteiger partial charge in [-0.05, 0) is 36.8 Å². The highest BCUT2D eigenvalue weighted by molar-refractivity contribution is 7.13. The molecule has 0 radical (unpaired) electrons. The smallest absolute Gasteiger partial charge is 0.323 e. The summed E-state index contributed by atoms with van der Waals surface area (Å²) < 4.78 is 5.30. The fourth-order valence-electron chi connectivity index (χ4n) is 3.57. The van der Waals surface area contributed by atoms with E-state index in [1.165, 1.54) is 11.3 Å². The second kappa shape index (κ2) is 10.3. The van der Waals surface area contributed by atoms with Gasteiger partial charge in [0.1, 0.15) is 11.6 Å². The Morgan fingerprint density at radius 2 is 1.94 bits per heavy atom. The van der Waals surface area contributed by atoms with Crippen LogP contribution in [0.4, 0.5) is 21.4 Å². The van der Waals surface area contributed by atoms with Crippen LogP contribution >= 0.6 is 11.3 Å². The first kappa shape index (κ1) is 22.5. The number of nitrogens with one attached hydrogen (secondary N) is 2. The van der Waals surface area contributed by atoms with Gasteiger partial charge in [0.05, 0.1) is 24.9 Å². The molecule has 0 bridgehead atoms. The van der Waals surface area contributed by atoms with E-state index in [1.54, 1.807) is 23.6 Å². The Morgan fingerprint density at radius 3 is 2.67 bits per heavy atom. The van der Waals surface area contributed by atoms with Gasteiger partial charge >= 0.3 is 6.03 Å². The lowest BCUT2D eigenvalue weighted by molar-refractivity contribution is -0.115.